The summed E-state index contributed by atoms with van der Waals surface area (Å²) in [6.45, 7) is 17.8. The Bertz CT molecular complexity index is 252. The van der Waals surface area contributed by atoms with Gasteiger partial charge in [0.1, 0.15) is 0 Å². The average molecular weight is 337 g/mol. The van der Waals surface area contributed by atoms with Gasteiger partial charge in [0.05, 0.1) is 0 Å². The topological polar surface area (TPSA) is 36.9 Å². The molecule has 6 heteroatoms. The van der Waals surface area contributed by atoms with Crippen LogP contribution in [-0.4, -0.2) is 43.5 Å². The third-order valence-corrected chi connectivity index (χ3v) is 9.84. The van der Waals surface area contributed by atoms with Gasteiger partial charge in [-0.2, -0.15) is 0 Å². The summed E-state index contributed by atoms with van der Waals surface area (Å²) in [7, 11) is -4.00. The molecule has 0 bridgehead atoms. The van der Waals surface area contributed by atoms with E-state index in [1.54, 1.807) is 0 Å². The Kier molecular flexibility index (Phi) is 11.1. The van der Waals surface area contributed by atoms with Crippen molar-refractivity contribution in [1.82, 2.24) is 0 Å². The second kappa shape index (κ2) is 10.9. The van der Waals surface area contributed by atoms with Gasteiger partial charge in [-0.1, -0.05) is 6.92 Å². The fourth-order valence-electron chi connectivity index (χ4n) is 2.81. The summed E-state index contributed by atoms with van der Waals surface area (Å²) in [6, 6.07) is 2.08. The largest absolute Gasteiger partial charge is 0.395 e. The molecule has 0 aromatic heterocycles. The summed E-state index contributed by atoms with van der Waals surface area (Å²) >= 11 is 0. The molecule has 0 rings (SSSR count). The first-order chi connectivity index (χ1) is 9.84. The number of hydrogen-bond donors (Lipinski definition) is 0. The summed E-state index contributed by atoms with van der Waals surface area (Å²) < 4.78 is 23.7. The van der Waals surface area contributed by atoms with Crippen molar-refractivity contribution in [2.24, 2.45) is 5.92 Å². The van der Waals surface area contributed by atoms with Gasteiger partial charge in [-0.05, 0) is 65.2 Å². The molecule has 1 unspecified atom stereocenters. The second-order valence-electron chi connectivity index (χ2n) is 5.85. The van der Waals surface area contributed by atoms with Crippen LogP contribution >= 0.6 is 0 Å². The first-order valence-corrected chi connectivity index (χ1v) is 13.4. The smallest absolute Gasteiger partial charge is 0.335 e. The highest BCUT2D eigenvalue weighted by atomic mass is 28.4. The summed E-state index contributed by atoms with van der Waals surface area (Å²) in [6.07, 6.45) is 1.12. The Balaban J connectivity index is 4.42. The Morgan fingerprint density at radius 3 is 1.48 bits per heavy atom. The fraction of sp³-hybridized carbons (Fsp3) is 1.00. The second-order valence-corrected chi connectivity index (χ2v) is 12.4. The highest BCUT2D eigenvalue weighted by molar-refractivity contribution is 6.66. The third kappa shape index (κ3) is 9.10. The van der Waals surface area contributed by atoms with Gasteiger partial charge in [0.25, 0.3) is 0 Å². The lowest BCUT2D eigenvalue weighted by Crippen LogP contribution is -2.42. The summed E-state index contributed by atoms with van der Waals surface area (Å²) in [5.74, 6) is 0.576. The molecule has 21 heavy (non-hydrogen) atoms. The quantitative estimate of drug-likeness (QED) is 0.470. The van der Waals surface area contributed by atoms with E-state index in [4.69, 9.17) is 17.7 Å². The molecule has 0 N–H and O–H groups in total. The van der Waals surface area contributed by atoms with Crippen LogP contribution < -0.4 is 0 Å². The molecule has 0 saturated heterocycles. The predicted octanol–water partition coefficient (Wildman–Crippen LogP) is 4.30. The molecule has 1 atom stereocenters. The maximum atomic E-state index is 5.93. The fourth-order valence-corrected chi connectivity index (χ4v) is 8.43. The van der Waals surface area contributed by atoms with E-state index in [1.807, 2.05) is 27.7 Å². The van der Waals surface area contributed by atoms with Crippen LogP contribution in [0.3, 0.4) is 0 Å². The zero-order valence-electron chi connectivity index (χ0n) is 15.2. The first kappa shape index (κ1) is 21.3. The SMILES string of the molecule is CCO[Si](C)(CCC(C)C[Si](C)(OCC)OCC)OCC. The molecular weight excluding hydrogens is 300 g/mol. The molecule has 128 valence electrons. The lowest BCUT2D eigenvalue weighted by atomic mass is 10.2. The van der Waals surface area contributed by atoms with Crippen molar-refractivity contribution in [1.29, 1.82) is 0 Å². The molecule has 0 aromatic carbocycles. The standard InChI is InChI=1S/C15H36O4Si2/c1-8-16-20(6,17-9-2)13-12-15(5)14-21(7,18-10-3)19-11-4/h15H,8-14H2,1-7H3. The zero-order chi connectivity index (χ0) is 16.4. The Hall–Kier alpha value is 0.274. The highest BCUT2D eigenvalue weighted by Gasteiger charge is 2.35. The van der Waals surface area contributed by atoms with Crippen LogP contribution in [0.1, 0.15) is 41.0 Å². The third-order valence-electron chi connectivity index (χ3n) is 3.61. The van der Waals surface area contributed by atoms with Crippen LogP contribution in [0.2, 0.25) is 25.2 Å². The van der Waals surface area contributed by atoms with Gasteiger partial charge in [-0.3, -0.25) is 0 Å². The van der Waals surface area contributed by atoms with E-state index in [1.165, 1.54) is 0 Å². The maximum absolute atomic E-state index is 5.93. The van der Waals surface area contributed by atoms with E-state index < -0.39 is 17.1 Å². The van der Waals surface area contributed by atoms with E-state index in [0.29, 0.717) is 5.92 Å². The molecule has 0 aliphatic carbocycles. The van der Waals surface area contributed by atoms with E-state index >= 15 is 0 Å². The van der Waals surface area contributed by atoms with Gasteiger partial charge in [-0.25, -0.2) is 0 Å². The van der Waals surface area contributed by atoms with Crippen molar-refractivity contribution in [2.45, 2.75) is 66.2 Å². The molecule has 0 aliphatic heterocycles. The van der Waals surface area contributed by atoms with E-state index in [2.05, 4.69) is 20.0 Å². The van der Waals surface area contributed by atoms with Crippen molar-refractivity contribution in [3.05, 3.63) is 0 Å². The van der Waals surface area contributed by atoms with Crippen molar-refractivity contribution in [3.8, 4) is 0 Å². The Morgan fingerprint density at radius 2 is 1.10 bits per heavy atom. The first-order valence-electron chi connectivity index (χ1n) is 8.40. The molecule has 0 aliphatic rings. The maximum Gasteiger partial charge on any atom is 0.335 e. The molecule has 0 heterocycles. The molecular formula is C15H36O4Si2. The summed E-state index contributed by atoms with van der Waals surface area (Å²) in [5, 5.41) is 0. The summed E-state index contributed by atoms with van der Waals surface area (Å²) in [4.78, 5) is 0. The molecule has 0 fully saturated rings. The van der Waals surface area contributed by atoms with Crippen molar-refractivity contribution in [2.75, 3.05) is 26.4 Å². The molecule has 0 radical (unpaired) electrons. The minimum atomic E-state index is -2.01. The lowest BCUT2D eigenvalue weighted by Gasteiger charge is -2.31. The minimum Gasteiger partial charge on any atom is -0.395 e. The molecule has 0 amide bonds. The van der Waals surface area contributed by atoms with Crippen LogP contribution in [0, 0.1) is 5.92 Å². The normalized spacial score (nSPS) is 14.4. The van der Waals surface area contributed by atoms with Gasteiger partial charge >= 0.3 is 17.1 Å². The molecule has 0 aromatic rings. The summed E-state index contributed by atoms with van der Waals surface area (Å²) in [5.41, 5.74) is 0. The molecule has 0 saturated carbocycles. The van der Waals surface area contributed by atoms with E-state index in [-0.39, 0.29) is 0 Å². The minimum absolute atomic E-state index is 0.576. The van der Waals surface area contributed by atoms with Gasteiger partial charge in [0.2, 0.25) is 0 Å². The average Bonchev–Trinajstić information content (AvgIpc) is 2.37. The highest BCUT2D eigenvalue weighted by Crippen LogP contribution is 2.26. The predicted molar refractivity (Wildman–Crippen MR) is 93.1 cm³/mol. The van der Waals surface area contributed by atoms with E-state index in [0.717, 1.165) is 44.9 Å². The Morgan fingerprint density at radius 1 is 0.714 bits per heavy atom. The Labute approximate surface area is 134 Å². The van der Waals surface area contributed by atoms with Gasteiger partial charge in [-0.15, -0.1) is 0 Å². The van der Waals surface area contributed by atoms with Crippen LogP contribution in [0.15, 0.2) is 0 Å². The van der Waals surface area contributed by atoms with Crippen LogP contribution in [0.5, 0.6) is 0 Å². The van der Waals surface area contributed by atoms with Crippen LogP contribution in [-0.2, 0) is 17.7 Å². The van der Waals surface area contributed by atoms with E-state index in [9.17, 15) is 0 Å². The van der Waals surface area contributed by atoms with Gasteiger partial charge < -0.3 is 17.7 Å². The molecule has 0 spiro atoms. The number of hydrogen-bond acceptors (Lipinski definition) is 4. The monoisotopic (exact) mass is 336 g/mol. The van der Waals surface area contributed by atoms with Gasteiger partial charge in [0, 0.05) is 26.4 Å². The van der Waals surface area contributed by atoms with Crippen molar-refractivity contribution < 1.29 is 17.7 Å². The number of rotatable bonds is 13. The zero-order valence-corrected chi connectivity index (χ0v) is 17.2. The molecule has 4 nitrogen and oxygen atoms in total. The van der Waals surface area contributed by atoms with Crippen molar-refractivity contribution in [3.63, 3.8) is 0 Å². The van der Waals surface area contributed by atoms with Gasteiger partial charge in [0.15, 0.2) is 0 Å². The van der Waals surface area contributed by atoms with Crippen molar-refractivity contribution >= 4 is 17.1 Å². The van der Waals surface area contributed by atoms with Crippen LogP contribution in [0.25, 0.3) is 0 Å². The van der Waals surface area contributed by atoms with Crippen LogP contribution in [0.4, 0.5) is 0 Å². The lowest BCUT2D eigenvalue weighted by molar-refractivity contribution is 0.179.